The van der Waals surface area contributed by atoms with Crippen LogP contribution in [0.25, 0.3) is 0 Å². The number of fused-ring (bicyclic) bond motifs is 5. The molecular formula is C25H38O6. The van der Waals surface area contributed by atoms with E-state index in [0.29, 0.717) is 19.3 Å². The monoisotopic (exact) mass is 434 g/mol. The number of hydrogen-bond donors (Lipinski definition) is 1. The molecule has 0 unspecified atom stereocenters. The fourth-order valence-electron chi connectivity index (χ4n) is 8.48. The Morgan fingerprint density at radius 3 is 2.35 bits per heavy atom. The molecule has 0 heterocycles. The number of rotatable bonds is 3. The van der Waals surface area contributed by atoms with Crippen LogP contribution in [0.4, 0.5) is 0 Å². The second kappa shape index (κ2) is 7.57. The minimum Gasteiger partial charge on any atom is -0.463 e. The van der Waals surface area contributed by atoms with Gasteiger partial charge in [-0.25, -0.2) is 0 Å². The predicted octanol–water partition coefficient (Wildman–Crippen LogP) is 3.82. The van der Waals surface area contributed by atoms with Crippen LogP contribution in [0, 0.1) is 34.5 Å². The molecule has 0 aromatic carbocycles. The van der Waals surface area contributed by atoms with Crippen molar-refractivity contribution in [3.63, 3.8) is 0 Å². The van der Waals surface area contributed by atoms with Crippen molar-refractivity contribution in [2.45, 2.75) is 104 Å². The van der Waals surface area contributed by atoms with E-state index in [1.807, 2.05) is 6.92 Å². The van der Waals surface area contributed by atoms with Crippen LogP contribution in [-0.2, 0) is 23.9 Å². The molecule has 6 heteroatoms. The van der Waals surface area contributed by atoms with Crippen molar-refractivity contribution in [1.82, 2.24) is 0 Å². The lowest BCUT2D eigenvalue weighted by atomic mass is 9.42. The van der Waals surface area contributed by atoms with Crippen LogP contribution >= 0.6 is 0 Å². The van der Waals surface area contributed by atoms with Gasteiger partial charge in [0.05, 0.1) is 0 Å². The average Bonchev–Trinajstić information content (AvgIpc) is 2.99. The van der Waals surface area contributed by atoms with E-state index in [9.17, 15) is 19.5 Å². The summed E-state index contributed by atoms with van der Waals surface area (Å²) in [7, 11) is 0. The largest absolute Gasteiger partial charge is 0.463 e. The molecule has 0 radical (unpaired) electrons. The van der Waals surface area contributed by atoms with Crippen molar-refractivity contribution in [3.05, 3.63) is 0 Å². The van der Waals surface area contributed by atoms with Crippen molar-refractivity contribution >= 4 is 17.7 Å². The maximum Gasteiger partial charge on any atom is 0.302 e. The minimum absolute atomic E-state index is 0.0312. The molecule has 0 aromatic rings. The number of hydrogen-bond acceptors (Lipinski definition) is 6. The van der Waals surface area contributed by atoms with E-state index < -0.39 is 11.0 Å². The number of ether oxygens (including phenoxy) is 2. The second-order valence-corrected chi connectivity index (χ2v) is 11.3. The summed E-state index contributed by atoms with van der Waals surface area (Å²) in [5, 5.41) is 12.2. The number of esters is 2. The predicted molar refractivity (Wildman–Crippen MR) is 114 cm³/mol. The summed E-state index contributed by atoms with van der Waals surface area (Å²) in [6.45, 7) is 9.10. The van der Waals surface area contributed by atoms with E-state index >= 15 is 0 Å². The number of aliphatic hydroxyl groups is 1. The van der Waals surface area contributed by atoms with Gasteiger partial charge in [0, 0.05) is 31.6 Å². The topological polar surface area (TPSA) is 89.9 Å². The normalized spacial score (nSPS) is 47.5. The van der Waals surface area contributed by atoms with Crippen LogP contribution in [0.3, 0.4) is 0 Å². The number of ketones is 1. The Bertz CT molecular complexity index is 778. The first-order chi connectivity index (χ1) is 14.4. The SMILES string of the molecule is CC(=O)O[C@@H]1CC[C@]2(C)[C@@H](CC[C@@H]3[C@@H]4CC[C@H]([C@H](C)OC(C)=O)[C@@]4(C)CC(=O)[C@@]32O)C1. The van der Waals surface area contributed by atoms with Crippen LogP contribution in [0.2, 0.25) is 0 Å². The zero-order valence-corrected chi connectivity index (χ0v) is 19.6. The molecule has 31 heavy (non-hydrogen) atoms. The van der Waals surface area contributed by atoms with E-state index in [2.05, 4.69) is 13.8 Å². The quantitative estimate of drug-likeness (QED) is 0.679. The van der Waals surface area contributed by atoms with Crippen molar-refractivity contribution < 1.29 is 29.0 Å². The smallest absolute Gasteiger partial charge is 0.302 e. The highest BCUT2D eigenvalue weighted by atomic mass is 16.5. The molecule has 0 amide bonds. The zero-order chi connectivity index (χ0) is 22.8. The fourth-order valence-corrected chi connectivity index (χ4v) is 8.48. The summed E-state index contributed by atoms with van der Waals surface area (Å²) in [5.74, 6) is -0.0593. The molecule has 4 rings (SSSR count). The summed E-state index contributed by atoms with van der Waals surface area (Å²) in [5.41, 5.74) is -2.05. The van der Waals surface area contributed by atoms with Gasteiger partial charge >= 0.3 is 11.9 Å². The molecule has 174 valence electrons. The number of carbonyl (C=O) groups is 3. The Morgan fingerprint density at radius 2 is 1.71 bits per heavy atom. The minimum atomic E-state index is -1.32. The fraction of sp³-hybridized carbons (Fsp3) is 0.880. The van der Waals surface area contributed by atoms with Gasteiger partial charge in [0.1, 0.15) is 17.8 Å². The molecule has 4 aliphatic carbocycles. The number of carbonyl (C=O) groups excluding carboxylic acids is 3. The van der Waals surface area contributed by atoms with E-state index in [-0.39, 0.29) is 59.0 Å². The Hall–Kier alpha value is -1.43. The lowest BCUT2D eigenvalue weighted by Gasteiger charge is -2.64. The maximum atomic E-state index is 13.8. The van der Waals surface area contributed by atoms with E-state index in [1.165, 1.54) is 13.8 Å². The Kier molecular flexibility index (Phi) is 5.55. The van der Waals surface area contributed by atoms with Crippen LogP contribution in [0.1, 0.15) is 86.0 Å². The van der Waals surface area contributed by atoms with Crippen LogP contribution in [0.15, 0.2) is 0 Å². The van der Waals surface area contributed by atoms with Crippen LogP contribution in [-0.4, -0.2) is 40.6 Å². The first kappa shape index (κ1) is 22.8. The molecule has 1 N–H and O–H groups in total. The Balaban J connectivity index is 1.62. The standard InChI is InChI=1S/C25H38O6/c1-14(30-15(2)26)19-8-9-20-21-7-6-17-12-18(31-16(3)27)10-11-24(17,5)25(21,29)22(28)13-23(19,20)4/h14,17-21,29H,6-13H2,1-5H3/t14-,17-,18+,19+,20-,21+,23+,24+,25-/m0/s1. The van der Waals surface area contributed by atoms with Gasteiger partial charge in [-0.2, -0.15) is 0 Å². The van der Waals surface area contributed by atoms with Crippen molar-refractivity contribution in [3.8, 4) is 0 Å². The summed E-state index contributed by atoms with van der Waals surface area (Å²) < 4.78 is 11.0. The molecule has 0 aromatic heterocycles. The van der Waals surface area contributed by atoms with Gasteiger partial charge in [0.25, 0.3) is 0 Å². The summed E-state index contributed by atoms with van der Waals surface area (Å²) in [4.78, 5) is 36.8. The van der Waals surface area contributed by atoms with Crippen LogP contribution in [0.5, 0.6) is 0 Å². The first-order valence-corrected chi connectivity index (χ1v) is 12.0. The molecule has 4 aliphatic rings. The lowest BCUT2D eigenvalue weighted by molar-refractivity contribution is -0.231. The van der Waals surface area contributed by atoms with E-state index in [4.69, 9.17) is 9.47 Å². The molecular weight excluding hydrogens is 396 g/mol. The van der Waals surface area contributed by atoms with E-state index in [0.717, 1.165) is 32.1 Å². The Labute approximate surface area is 185 Å². The molecule has 4 saturated carbocycles. The van der Waals surface area contributed by atoms with Crippen molar-refractivity contribution in [1.29, 1.82) is 0 Å². The summed E-state index contributed by atoms with van der Waals surface area (Å²) in [6.07, 6.45) is 5.79. The zero-order valence-electron chi connectivity index (χ0n) is 19.6. The van der Waals surface area contributed by atoms with Gasteiger partial charge in [0.15, 0.2) is 5.78 Å². The summed E-state index contributed by atoms with van der Waals surface area (Å²) >= 11 is 0. The van der Waals surface area contributed by atoms with Gasteiger partial charge in [-0.1, -0.05) is 13.8 Å². The van der Waals surface area contributed by atoms with Gasteiger partial charge < -0.3 is 14.6 Å². The second-order valence-electron chi connectivity index (χ2n) is 11.3. The number of Topliss-reactive ketones (excluding diaryl/α,β-unsaturated/α-hetero) is 1. The molecule has 0 aliphatic heterocycles. The highest BCUT2D eigenvalue weighted by Gasteiger charge is 2.71. The molecule has 9 atom stereocenters. The molecule has 0 bridgehead atoms. The third kappa shape index (κ3) is 3.27. The molecule has 0 saturated heterocycles. The van der Waals surface area contributed by atoms with Gasteiger partial charge in [0.2, 0.25) is 0 Å². The Morgan fingerprint density at radius 1 is 1.03 bits per heavy atom. The molecule has 4 fully saturated rings. The van der Waals surface area contributed by atoms with Crippen molar-refractivity contribution in [2.24, 2.45) is 34.5 Å². The van der Waals surface area contributed by atoms with E-state index in [1.54, 1.807) is 0 Å². The lowest BCUT2D eigenvalue weighted by Crippen LogP contribution is -2.70. The highest BCUT2D eigenvalue weighted by molar-refractivity contribution is 5.90. The maximum absolute atomic E-state index is 13.8. The van der Waals surface area contributed by atoms with Crippen LogP contribution < -0.4 is 0 Å². The van der Waals surface area contributed by atoms with Gasteiger partial charge in [-0.3, -0.25) is 14.4 Å². The average molecular weight is 435 g/mol. The third-order valence-corrected chi connectivity index (χ3v) is 9.85. The molecule has 6 nitrogen and oxygen atoms in total. The molecule has 0 spiro atoms. The van der Waals surface area contributed by atoms with Gasteiger partial charge in [-0.05, 0) is 75.0 Å². The summed E-state index contributed by atoms with van der Waals surface area (Å²) in [6, 6.07) is 0. The third-order valence-electron chi connectivity index (χ3n) is 9.85. The van der Waals surface area contributed by atoms with Crippen molar-refractivity contribution in [2.75, 3.05) is 0 Å². The van der Waals surface area contributed by atoms with Gasteiger partial charge in [-0.15, -0.1) is 0 Å². The highest BCUT2D eigenvalue weighted by Crippen LogP contribution is 2.68. The first-order valence-electron chi connectivity index (χ1n) is 12.0.